The van der Waals surface area contributed by atoms with E-state index in [-0.39, 0.29) is 17.4 Å². The molecule has 0 saturated heterocycles. The Morgan fingerprint density at radius 1 is 1.47 bits per heavy atom. The summed E-state index contributed by atoms with van der Waals surface area (Å²) in [5.74, 6) is -0.0820. The molecule has 0 heterocycles. The maximum absolute atomic E-state index is 13.0. The van der Waals surface area contributed by atoms with Gasteiger partial charge in [0.15, 0.2) is 0 Å². The largest absolute Gasteiger partial charge is 0.487 e. The number of ether oxygens (including phenoxy) is 2. The number of halogens is 2. The number of hydrogen-bond acceptors (Lipinski definition) is 4. The fourth-order valence-corrected chi connectivity index (χ4v) is 2.12. The van der Waals surface area contributed by atoms with Crippen molar-refractivity contribution in [3.05, 3.63) is 23.2 Å². The van der Waals surface area contributed by atoms with Crippen LogP contribution in [0.5, 0.6) is 5.75 Å². The van der Waals surface area contributed by atoms with Gasteiger partial charge in [-0.1, -0.05) is 11.6 Å². The van der Waals surface area contributed by atoms with Crippen molar-refractivity contribution in [1.82, 2.24) is 0 Å². The van der Waals surface area contributed by atoms with Crippen molar-refractivity contribution in [3.63, 3.8) is 0 Å². The molecule has 0 spiro atoms. The highest BCUT2D eigenvalue weighted by molar-refractivity contribution is 7.86. The van der Waals surface area contributed by atoms with Gasteiger partial charge in [0.25, 0.3) is 0 Å². The Hall–Kier alpha value is -0.850. The van der Waals surface area contributed by atoms with E-state index in [1.165, 1.54) is 19.2 Å². The summed E-state index contributed by atoms with van der Waals surface area (Å²) in [6.45, 7) is 1.93. The van der Waals surface area contributed by atoms with E-state index >= 15 is 0 Å². The van der Waals surface area contributed by atoms with Gasteiger partial charge in [0.2, 0.25) is 0 Å². The highest BCUT2D eigenvalue weighted by atomic mass is 35.5. The molecule has 0 amide bonds. The molecule has 17 heavy (non-hydrogen) atoms. The minimum Gasteiger partial charge on any atom is -0.487 e. The highest BCUT2D eigenvalue weighted by Gasteiger charge is 2.20. The van der Waals surface area contributed by atoms with Crippen molar-refractivity contribution >= 4 is 21.8 Å². The highest BCUT2D eigenvalue weighted by Crippen LogP contribution is 2.29. The molecule has 1 atom stereocenters. The Morgan fingerprint density at radius 2 is 2.12 bits per heavy atom. The third kappa shape index (κ3) is 4.14. The predicted molar refractivity (Wildman–Crippen MR) is 61.7 cm³/mol. The number of rotatable bonds is 5. The predicted octanol–water partition coefficient (Wildman–Crippen LogP) is 2.41. The van der Waals surface area contributed by atoms with Crippen LogP contribution in [0.15, 0.2) is 23.1 Å². The topological polar surface area (TPSA) is 52.6 Å². The zero-order chi connectivity index (χ0) is 13.1. The average Bonchev–Trinajstić information content (AvgIpc) is 2.19. The lowest BCUT2D eigenvalue weighted by Gasteiger charge is -2.15. The van der Waals surface area contributed by atoms with Crippen LogP contribution >= 0.6 is 11.6 Å². The standard InChI is InChI=1S/C10H12ClFO4S/c1-7(6-15-2)16-9-4-3-8(11)5-10(9)17(12,13)14/h3-5,7H,6H2,1-2H3. The van der Waals surface area contributed by atoms with Gasteiger partial charge >= 0.3 is 10.2 Å². The lowest BCUT2D eigenvalue weighted by atomic mass is 10.3. The Labute approximate surface area is 105 Å². The molecule has 0 aromatic heterocycles. The van der Waals surface area contributed by atoms with Gasteiger partial charge in [-0.3, -0.25) is 0 Å². The summed E-state index contributed by atoms with van der Waals surface area (Å²) >= 11 is 5.61. The first-order valence-corrected chi connectivity index (χ1v) is 6.50. The third-order valence-corrected chi connectivity index (χ3v) is 2.98. The van der Waals surface area contributed by atoms with E-state index in [1.807, 2.05) is 0 Å². The Balaban J connectivity index is 3.07. The van der Waals surface area contributed by atoms with Gasteiger partial charge < -0.3 is 9.47 Å². The van der Waals surface area contributed by atoms with E-state index in [1.54, 1.807) is 6.92 Å². The number of benzene rings is 1. The monoisotopic (exact) mass is 282 g/mol. The smallest absolute Gasteiger partial charge is 0.335 e. The fourth-order valence-electron chi connectivity index (χ4n) is 1.26. The second-order valence-electron chi connectivity index (χ2n) is 3.41. The van der Waals surface area contributed by atoms with Crippen molar-refractivity contribution in [1.29, 1.82) is 0 Å². The van der Waals surface area contributed by atoms with E-state index in [0.29, 0.717) is 0 Å². The van der Waals surface area contributed by atoms with Crippen molar-refractivity contribution < 1.29 is 21.8 Å². The first-order valence-electron chi connectivity index (χ1n) is 4.74. The summed E-state index contributed by atoms with van der Waals surface area (Å²) in [5, 5.41) is 0.118. The first-order chi connectivity index (χ1) is 7.84. The Kier molecular flexibility index (Phi) is 4.73. The Morgan fingerprint density at radius 3 is 2.65 bits per heavy atom. The molecule has 0 aliphatic carbocycles. The molecule has 0 N–H and O–H groups in total. The third-order valence-electron chi connectivity index (χ3n) is 1.90. The normalized spacial score (nSPS) is 13.4. The molecule has 0 radical (unpaired) electrons. The maximum Gasteiger partial charge on any atom is 0.335 e. The van der Waals surface area contributed by atoms with Crippen LogP contribution in [0.1, 0.15) is 6.92 Å². The molecule has 0 bridgehead atoms. The molecule has 1 rings (SSSR count). The summed E-state index contributed by atoms with van der Waals surface area (Å²) in [6, 6.07) is 3.73. The number of hydrogen-bond donors (Lipinski definition) is 0. The van der Waals surface area contributed by atoms with Gasteiger partial charge in [-0.2, -0.15) is 8.42 Å². The van der Waals surface area contributed by atoms with Crippen molar-refractivity contribution in [2.45, 2.75) is 17.9 Å². The van der Waals surface area contributed by atoms with E-state index in [9.17, 15) is 12.3 Å². The zero-order valence-electron chi connectivity index (χ0n) is 9.31. The van der Waals surface area contributed by atoms with Gasteiger partial charge in [0.05, 0.1) is 6.61 Å². The van der Waals surface area contributed by atoms with Crippen LogP contribution < -0.4 is 4.74 Å². The van der Waals surface area contributed by atoms with E-state index in [0.717, 1.165) is 6.07 Å². The van der Waals surface area contributed by atoms with E-state index < -0.39 is 21.2 Å². The molecule has 0 saturated carbocycles. The second-order valence-corrected chi connectivity index (χ2v) is 5.16. The van der Waals surface area contributed by atoms with Crippen LogP contribution in [-0.4, -0.2) is 28.2 Å². The van der Waals surface area contributed by atoms with Gasteiger partial charge in [-0.25, -0.2) is 0 Å². The molecular formula is C10H12ClFO4S. The van der Waals surface area contributed by atoms with Gasteiger partial charge in [0.1, 0.15) is 16.7 Å². The summed E-state index contributed by atoms with van der Waals surface area (Å²) < 4.78 is 44.9. The lowest BCUT2D eigenvalue weighted by molar-refractivity contribution is 0.0900. The maximum atomic E-state index is 13.0. The minimum absolute atomic E-state index is 0.0820. The Bertz CT molecular complexity index is 489. The molecule has 1 aromatic rings. The van der Waals surface area contributed by atoms with E-state index in [4.69, 9.17) is 21.1 Å². The molecule has 0 aliphatic rings. The fraction of sp³-hybridized carbons (Fsp3) is 0.400. The molecule has 4 nitrogen and oxygen atoms in total. The average molecular weight is 283 g/mol. The van der Waals surface area contributed by atoms with E-state index in [2.05, 4.69) is 0 Å². The summed E-state index contributed by atoms with van der Waals surface area (Å²) in [6.07, 6.45) is -0.401. The zero-order valence-corrected chi connectivity index (χ0v) is 10.9. The van der Waals surface area contributed by atoms with Crippen LogP contribution in [0.3, 0.4) is 0 Å². The van der Waals surface area contributed by atoms with Crippen LogP contribution in [0.25, 0.3) is 0 Å². The second kappa shape index (κ2) is 5.66. The van der Waals surface area contributed by atoms with Crippen LogP contribution in [0.4, 0.5) is 3.89 Å². The molecule has 0 fully saturated rings. The first kappa shape index (κ1) is 14.2. The van der Waals surface area contributed by atoms with Gasteiger partial charge in [-0.15, -0.1) is 3.89 Å². The quantitative estimate of drug-likeness (QED) is 0.778. The van der Waals surface area contributed by atoms with Crippen molar-refractivity contribution in [2.75, 3.05) is 13.7 Å². The van der Waals surface area contributed by atoms with Crippen LogP contribution in [-0.2, 0) is 15.0 Å². The van der Waals surface area contributed by atoms with Crippen LogP contribution in [0, 0.1) is 0 Å². The molecule has 0 aliphatic heterocycles. The SMILES string of the molecule is COCC(C)Oc1ccc(Cl)cc1S(=O)(=O)F. The minimum atomic E-state index is -4.87. The van der Waals surface area contributed by atoms with Crippen LogP contribution in [0.2, 0.25) is 5.02 Å². The molecule has 1 aromatic carbocycles. The molecular weight excluding hydrogens is 271 g/mol. The summed E-state index contributed by atoms with van der Waals surface area (Å²) in [5.41, 5.74) is 0. The molecule has 1 unspecified atom stereocenters. The van der Waals surface area contributed by atoms with Crippen molar-refractivity contribution in [3.8, 4) is 5.75 Å². The summed E-state index contributed by atoms with van der Waals surface area (Å²) in [4.78, 5) is -0.576. The summed E-state index contributed by atoms with van der Waals surface area (Å²) in [7, 11) is -3.39. The van der Waals surface area contributed by atoms with Crippen molar-refractivity contribution in [2.24, 2.45) is 0 Å². The number of methoxy groups -OCH3 is 1. The molecule has 96 valence electrons. The lowest BCUT2D eigenvalue weighted by Crippen LogP contribution is -2.19. The van der Waals surface area contributed by atoms with Gasteiger partial charge in [-0.05, 0) is 25.1 Å². The molecule has 7 heteroatoms. The van der Waals surface area contributed by atoms with Gasteiger partial charge in [0, 0.05) is 12.1 Å².